The molecular formula is C23H29N5O3. The average Bonchev–Trinajstić information content (AvgIpc) is 3.32. The zero-order valence-electron chi connectivity index (χ0n) is 18.4. The van der Waals surface area contributed by atoms with Crippen LogP contribution in [0.25, 0.3) is 0 Å². The Morgan fingerprint density at radius 2 is 1.90 bits per heavy atom. The van der Waals surface area contributed by atoms with Crippen molar-refractivity contribution in [2.45, 2.75) is 46.6 Å². The molecule has 1 atom stereocenters. The molecule has 0 saturated carbocycles. The molecule has 0 N–H and O–H groups in total. The van der Waals surface area contributed by atoms with Crippen LogP contribution in [0.5, 0.6) is 0 Å². The van der Waals surface area contributed by atoms with E-state index in [0.29, 0.717) is 30.8 Å². The molecule has 1 unspecified atom stereocenters. The molecule has 4 heterocycles. The van der Waals surface area contributed by atoms with Crippen molar-refractivity contribution in [2.75, 3.05) is 26.2 Å². The van der Waals surface area contributed by atoms with E-state index < -0.39 is 5.41 Å². The number of carbonyl (C=O) groups excluding carboxylic acids is 2. The molecule has 0 bridgehead atoms. The second kappa shape index (κ2) is 8.24. The minimum atomic E-state index is -0.482. The maximum atomic E-state index is 13.4. The molecule has 164 valence electrons. The van der Waals surface area contributed by atoms with Crippen LogP contribution in [0.2, 0.25) is 0 Å². The van der Waals surface area contributed by atoms with Crippen molar-refractivity contribution in [3.63, 3.8) is 0 Å². The molecule has 8 heteroatoms. The molecule has 0 aromatic carbocycles. The first-order valence-electron chi connectivity index (χ1n) is 10.9. The molecule has 2 aliphatic heterocycles. The van der Waals surface area contributed by atoms with E-state index in [1.165, 1.54) is 4.57 Å². The van der Waals surface area contributed by atoms with Crippen LogP contribution in [0.15, 0.2) is 29.5 Å². The summed E-state index contributed by atoms with van der Waals surface area (Å²) in [6, 6.07) is 1.78. The molecule has 2 fully saturated rings. The third-order valence-corrected chi connectivity index (χ3v) is 6.49. The minimum Gasteiger partial charge on any atom is -0.342 e. The lowest BCUT2D eigenvalue weighted by atomic mass is 9.85. The van der Waals surface area contributed by atoms with E-state index in [9.17, 15) is 14.4 Å². The van der Waals surface area contributed by atoms with Crippen molar-refractivity contribution in [2.24, 2.45) is 5.41 Å². The van der Waals surface area contributed by atoms with Crippen molar-refractivity contribution in [3.8, 4) is 0 Å². The molecule has 4 rings (SSSR count). The third-order valence-electron chi connectivity index (χ3n) is 6.49. The molecule has 2 aromatic heterocycles. The monoisotopic (exact) mass is 423 g/mol. The van der Waals surface area contributed by atoms with Gasteiger partial charge in [-0.15, -0.1) is 0 Å². The molecule has 2 amide bonds. The van der Waals surface area contributed by atoms with E-state index in [4.69, 9.17) is 0 Å². The van der Waals surface area contributed by atoms with Crippen molar-refractivity contribution in [1.82, 2.24) is 24.3 Å². The molecular weight excluding hydrogens is 394 g/mol. The summed E-state index contributed by atoms with van der Waals surface area (Å²) in [5, 5.41) is 0. The topological polar surface area (TPSA) is 88.4 Å². The number of pyridine rings is 1. The number of aromatic nitrogens is 3. The van der Waals surface area contributed by atoms with Gasteiger partial charge < -0.3 is 14.4 Å². The SMILES string of the molecule is CCCN1CCC2(CCN(C(=O)c3c(C)ccn(Cc4cnc(C)cn4)c3=O)C2)C1=O. The van der Waals surface area contributed by atoms with Gasteiger partial charge in [-0.25, -0.2) is 0 Å². The van der Waals surface area contributed by atoms with Crippen LogP contribution in [0, 0.1) is 19.3 Å². The zero-order valence-corrected chi connectivity index (χ0v) is 18.4. The van der Waals surface area contributed by atoms with Crippen LogP contribution >= 0.6 is 0 Å². The molecule has 1 spiro atoms. The first-order valence-corrected chi connectivity index (χ1v) is 10.9. The lowest BCUT2D eigenvalue weighted by molar-refractivity contribution is -0.135. The van der Waals surface area contributed by atoms with E-state index in [0.717, 1.165) is 31.6 Å². The standard InChI is InChI=1S/C23H29N5O3/c1-4-8-26-10-6-23(22(26)31)7-11-28(15-23)21(30)19-16(2)5-9-27(20(19)29)14-18-13-24-17(3)12-25-18/h5,9,12-13H,4,6-8,10-11,14-15H2,1-3H3. The smallest absolute Gasteiger partial charge is 0.264 e. The van der Waals surface area contributed by atoms with Gasteiger partial charge in [0.2, 0.25) is 5.91 Å². The van der Waals surface area contributed by atoms with Gasteiger partial charge in [0.05, 0.1) is 29.5 Å². The van der Waals surface area contributed by atoms with Gasteiger partial charge >= 0.3 is 0 Å². The number of aryl methyl sites for hydroxylation is 2. The number of carbonyl (C=O) groups is 2. The van der Waals surface area contributed by atoms with Crippen molar-refractivity contribution >= 4 is 11.8 Å². The lowest BCUT2D eigenvalue weighted by Crippen LogP contribution is -2.40. The van der Waals surface area contributed by atoms with Crippen LogP contribution in [-0.4, -0.2) is 62.3 Å². The number of hydrogen-bond acceptors (Lipinski definition) is 5. The normalized spacial score (nSPS) is 20.8. The van der Waals surface area contributed by atoms with Gasteiger partial charge in [-0.2, -0.15) is 0 Å². The molecule has 0 aliphatic carbocycles. The summed E-state index contributed by atoms with van der Waals surface area (Å²) < 4.78 is 1.50. The van der Waals surface area contributed by atoms with Gasteiger partial charge in [0.1, 0.15) is 5.56 Å². The number of amides is 2. The molecule has 31 heavy (non-hydrogen) atoms. The highest BCUT2D eigenvalue weighted by Gasteiger charge is 2.51. The Morgan fingerprint density at radius 3 is 2.61 bits per heavy atom. The number of hydrogen-bond donors (Lipinski definition) is 0. The molecule has 8 nitrogen and oxygen atoms in total. The van der Waals surface area contributed by atoms with Crippen molar-refractivity contribution in [1.29, 1.82) is 0 Å². The highest BCUT2D eigenvalue weighted by atomic mass is 16.2. The highest BCUT2D eigenvalue weighted by Crippen LogP contribution is 2.41. The Balaban J connectivity index is 1.56. The predicted molar refractivity (Wildman–Crippen MR) is 116 cm³/mol. The number of likely N-dealkylation sites (tertiary alicyclic amines) is 2. The second-order valence-electron chi connectivity index (χ2n) is 8.76. The molecule has 2 saturated heterocycles. The Labute approximate surface area is 181 Å². The van der Waals surface area contributed by atoms with Gasteiger partial charge in [0.15, 0.2) is 0 Å². The van der Waals surface area contributed by atoms with Crippen LogP contribution in [-0.2, 0) is 11.3 Å². The maximum Gasteiger partial charge on any atom is 0.264 e. The minimum absolute atomic E-state index is 0.157. The summed E-state index contributed by atoms with van der Waals surface area (Å²) in [5.74, 6) is -0.129. The Kier molecular flexibility index (Phi) is 5.64. The first kappa shape index (κ1) is 21.2. The summed E-state index contributed by atoms with van der Waals surface area (Å²) in [4.78, 5) is 51.6. The van der Waals surface area contributed by atoms with Gasteiger partial charge in [-0.1, -0.05) is 6.92 Å². The highest BCUT2D eigenvalue weighted by molar-refractivity contribution is 5.96. The van der Waals surface area contributed by atoms with Crippen LogP contribution < -0.4 is 5.56 Å². The summed E-state index contributed by atoms with van der Waals surface area (Å²) in [6.07, 6.45) is 7.35. The fourth-order valence-corrected chi connectivity index (χ4v) is 4.68. The maximum absolute atomic E-state index is 13.4. The van der Waals surface area contributed by atoms with Crippen LogP contribution in [0.4, 0.5) is 0 Å². The van der Waals surface area contributed by atoms with E-state index in [1.807, 2.05) is 11.8 Å². The third kappa shape index (κ3) is 3.86. The van der Waals surface area contributed by atoms with Crippen molar-refractivity contribution in [3.05, 3.63) is 57.5 Å². The second-order valence-corrected chi connectivity index (χ2v) is 8.76. The van der Waals surface area contributed by atoms with Gasteiger partial charge in [-0.05, 0) is 44.7 Å². The fraction of sp³-hybridized carbons (Fsp3) is 0.522. The Bertz CT molecular complexity index is 1060. The lowest BCUT2D eigenvalue weighted by Gasteiger charge is -2.24. The van der Waals surface area contributed by atoms with Gasteiger partial charge in [-0.3, -0.25) is 24.4 Å². The quantitative estimate of drug-likeness (QED) is 0.731. The summed E-state index contributed by atoms with van der Waals surface area (Å²) in [6.45, 7) is 8.35. The molecule has 2 aromatic rings. The van der Waals surface area contributed by atoms with Crippen LogP contribution in [0.1, 0.15) is 53.5 Å². The van der Waals surface area contributed by atoms with Gasteiger partial charge in [0.25, 0.3) is 11.5 Å². The molecule has 2 aliphatic rings. The summed E-state index contributed by atoms with van der Waals surface area (Å²) in [7, 11) is 0. The summed E-state index contributed by atoms with van der Waals surface area (Å²) >= 11 is 0. The number of rotatable bonds is 5. The number of nitrogens with zero attached hydrogens (tertiary/aromatic N) is 5. The molecule has 0 radical (unpaired) electrons. The summed E-state index contributed by atoms with van der Waals surface area (Å²) in [5.41, 5.74) is 1.46. The zero-order chi connectivity index (χ0) is 22.2. The average molecular weight is 424 g/mol. The fourth-order valence-electron chi connectivity index (χ4n) is 4.68. The first-order chi connectivity index (χ1) is 14.8. The van der Waals surface area contributed by atoms with Crippen LogP contribution in [0.3, 0.4) is 0 Å². The van der Waals surface area contributed by atoms with Crippen molar-refractivity contribution < 1.29 is 9.59 Å². The van der Waals surface area contributed by atoms with E-state index in [-0.39, 0.29) is 29.5 Å². The Morgan fingerprint density at radius 1 is 1.13 bits per heavy atom. The predicted octanol–water partition coefficient (Wildman–Crippen LogP) is 1.78. The van der Waals surface area contributed by atoms with Gasteiger partial charge in [0, 0.05) is 38.6 Å². The van der Waals surface area contributed by atoms with E-state index >= 15 is 0 Å². The van der Waals surface area contributed by atoms with E-state index in [1.54, 1.807) is 36.5 Å². The van der Waals surface area contributed by atoms with E-state index in [2.05, 4.69) is 16.9 Å². The Hall–Kier alpha value is -3.03. The largest absolute Gasteiger partial charge is 0.342 e.